The van der Waals surface area contributed by atoms with Gasteiger partial charge in [0.05, 0.1) is 15.5 Å². The van der Waals surface area contributed by atoms with Gasteiger partial charge in [0.25, 0.3) is 17.5 Å². The third-order valence-corrected chi connectivity index (χ3v) is 3.66. The van der Waals surface area contributed by atoms with Crippen LogP contribution in [0.25, 0.3) is 6.08 Å². The summed E-state index contributed by atoms with van der Waals surface area (Å²) in [6, 6.07) is 4.07. The summed E-state index contributed by atoms with van der Waals surface area (Å²) in [6.07, 6.45) is 2.53. The molecule has 0 aromatic heterocycles. The number of carbonyl (C=O) groups excluding carboxylic acids is 2. The maximum Gasteiger partial charge on any atom is 0.278 e. The number of nitrogens with zero attached hydrogens (tertiary/aromatic N) is 2. The lowest BCUT2D eigenvalue weighted by Crippen LogP contribution is -2.53. The molecule has 0 spiro atoms. The van der Waals surface area contributed by atoms with Crippen LogP contribution in [0.4, 0.5) is 5.69 Å². The second-order valence-corrected chi connectivity index (χ2v) is 5.25. The maximum absolute atomic E-state index is 12.4. The van der Waals surface area contributed by atoms with E-state index in [9.17, 15) is 19.7 Å². The fourth-order valence-electron chi connectivity index (χ4n) is 1.96. The Bertz CT molecular complexity index is 775. The largest absolute Gasteiger partial charge is 0.298 e. The van der Waals surface area contributed by atoms with Crippen LogP contribution in [0.15, 0.2) is 36.4 Å². The fraction of sp³-hybridized carbons (Fsp3) is 0.0714. The summed E-state index contributed by atoms with van der Waals surface area (Å²) in [5.41, 5.74) is -0.630. The van der Waals surface area contributed by atoms with E-state index in [-0.39, 0.29) is 33.5 Å². The molecule has 1 aromatic rings. The molecule has 0 bridgehead atoms. The Morgan fingerprint density at radius 1 is 1.43 bits per heavy atom. The van der Waals surface area contributed by atoms with Crippen molar-refractivity contribution in [1.29, 1.82) is 0 Å². The quantitative estimate of drug-likeness (QED) is 0.224. The molecule has 9 heteroatoms. The lowest BCUT2D eigenvalue weighted by atomic mass is 10.1. The van der Waals surface area contributed by atoms with Crippen LogP contribution < -0.4 is 5.32 Å². The molecule has 7 nitrogen and oxygen atoms in total. The number of nitro groups is 1. The van der Waals surface area contributed by atoms with Gasteiger partial charge in [-0.3, -0.25) is 29.9 Å². The summed E-state index contributed by atoms with van der Waals surface area (Å²) < 4.78 is 0. The summed E-state index contributed by atoms with van der Waals surface area (Å²) in [5.74, 6) is -1.41. The highest BCUT2D eigenvalue weighted by atomic mass is 35.5. The van der Waals surface area contributed by atoms with Gasteiger partial charge in [-0.2, -0.15) is 0 Å². The van der Waals surface area contributed by atoms with Gasteiger partial charge in [0.1, 0.15) is 5.57 Å². The summed E-state index contributed by atoms with van der Waals surface area (Å²) in [7, 11) is 0. The third-order valence-electron chi connectivity index (χ3n) is 3.01. The zero-order valence-electron chi connectivity index (χ0n) is 11.6. The number of rotatable bonds is 4. The minimum Gasteiger partial charge on any atom is -0.298 e. The molecular weight excluding hydrogens is 342 g/mol. The smallest absolute Gasteiger partial charge is 0.278 e. The van der Waals surface area contributed by atoms with Gasteiger partial charge >= 0.3 is 0 Å². The van der Waals surface area contributed by atoms with Crippen LogP contribution in [0.1, 0.15) is 5.56 Å². The normalized spacial score (nSPS) is 16.5. The summed E-state index contributed by atoms with van der Waals surface area (Å²) >= 11 is 10.9. The Hall–Kier alpha value is -2.58. The Labute approximate surface area is 141 Å². The van der Waals surface area contributed by atoms with E-state index in [1.165, 1.54) is 24.3 Å². The second-order valence-electron chi connectivity index (χ2n) is 4.45. The average molecular weight is 352 g/mol. The topological polar surface area (TPSA) is 92.6 Å². The predicted molar refractivity (Wildman–Crippen MR) is 88.7 cm³/mol. The Kier molecular flexibility index (Phi) is 4.87. The van der Waals surface area contributed by atoms with E-state index in [1.54, 1.807) is 0 Å². The molecule has 118 valence electrons. The number of amides is 2. The molecule has 2 amide bonds. The molecule has 0 unspecified atom stereocenters. The van der Waals surface area contributed by atoms with Crippen LogP contribution in [0.3, 0.4) is 0 Å². The Morgan fingerprint density at radius 3 is 2.74 bits per heavy atom. The molecule has 0 aliphatic carbocycles. The number of carbonyl (C=O) groups is 2. The number of nitro benzene ring substituents is 1. The number of thiocarbonyl (C=S) groups is 1. The number of halogens is 1. The first-order chi connectivity index (χ1) is 10.9. The summed E-state index contributed by atoms with van der Waals surface area (Å²) in [5, 5.41) is 13.4. The van der Waals surface area contributed by atoms with Gasteiger partial charge in [-0.1, -0.05) is 23.7 Å². The molecule has 1 N–H and O–H groups in total. The van der Waals surface area contributed by atoms with E-state index in [2.05, 4.69) is 11.9 Å². The Balaban J connectivity index is 2.56. The first-order valence-corrected chi connectivity index (χ1v) is 7.08. The molecular formula is C14H10ClN3O4S. The van der Waals surface area contributed by atoms with Gasteiger partial charge in [-0.15, -0.1) is 6.58 Å². The molecule has 0 atom stereocenters. The zero-order valence-corrected chi connectivity index (χ0v) is 13.2. The minimum atomic E-state index is -0.741. The van der Waals surface area contributed by atoms with Crippen LogP contribution in [0.2, 0.25) is 5.02 Å². The van der Waals surface area contributed by atoms with Crippen molar-refractivity contribution < 1.29 is 14.5 Å². The molecule has 1 aromatic carbocycles. The molecule has 2 rings (SSSR count). The molecule has 1 aliphatic rings. The first kappa shape index (κ1) is 16.8. The molecule has 23 heavy (non-hydrogen) atoms. The highest BCUT2D eigenvalue weighted by Crippen LogP contribution is 2.29. The van der Waals surface area contributed by atoms with Crippen LogP contribution >= 0.6 is 23.8 Å². The highest BCUT2D eigenvalue weighted by molar-refractivity contribution is 7.80. The van der Waals surface area contributed by atoms with Gasteiger partial charge in [-0.05, 0) is 24.4 Å². The van der Waals surface area contributed by atoms with Crippen LogP contribution in [-0.4, -0.2) is 33.3 Å². The molecule has 0 radical (unpaired) electrons. The molecule has 0 saturated carbocycles. The lowest BCUT2D eigenvalue weighted by Gasteiger charge is -2.27. The van der Waals surface area contributed by atoms with Gasteiger partial charge in [0.2, 0.25) is 0 Å². The standard InChI is InChI=1S/C14H10ClN3O4S/c1-2-6-17-13(20)9(12(19)16-14(17)23)7-8-10(15)4-3-5-11(8)18(21)22/h2-5,7H,1,6H2,(H,16,19,23)/b9-7+. The van der Waals surface area contributed by atoms with Gasteiger partial charge in [0, 0.05) is 12.6 Å². The van der Waals surface area contributed by atoms with Crippen LogP contribution in [0, 0.1) is 10.1 Å². The number of hydrogen-bond acceptors (Lipinski definition) is 5. The first-order valence-electron chi connectivity index (χ1n) is 6.29. The van der Waals surface area contributed by atoms with E-state index in [4.69, 9.17) is 23.8 Å². The maximum atomic E-state index is 12.4. The van der Waals surface area contributed by atoms with Crippen LogP contribution in [-0.2, 0) is 9.59 Å². The zero-order chi connectivity index (χ0) is 17.1. The van der Waals surface area contributed by atoms with Crippen molar-refractivity contribution >= 4 is 52.5 Å². The van der Waals surface area contributed by atoms with E-state index in [1.807, 2.05) is 0 Å². The molecule has 1 heterocycles. The van der Waals surface area contributed by atoms with Crippen molar-refractivity contribution in [3.63, 3.8) is 0 Å². The van der Waals surface area contributed by atoms with Crippen molar-refractivity contribution in [2.24, 2.45) is 0 Å². The molecule has 1 aliphatic heterocycles. The third kappa shape index (κ3) is 3.27. The fourth-order valence-corrected chi connectivity index (χ4v) is 2.44. The number of benzene rings is 1. The van der Waals surface area contributed by atoms with Crippen molar-refractivity contribution in [3.8, 4) is 0 Å². The molecule has 1 saturated heterocycles. The van der Waals surface area contributed by atoms with Crippen LogP contribution in [0.5, 0.6) is 0 Å². The van der Waals surface area contributed by atoms with Gasteiger partial charge < -0.3 is 0 Å². The number of nitrogens with one attached hydrogen (secondary N) is 1. The highest BCUT2D eigenvalue weighted by Gasteiger charge is 2.33. The van der Waals surface area contributed by atoms with Crippen molar-refractivity contribution in [2.75, 3.05) is 6.54 Å². The average Bonchev–Trinajstić information content (AvgIpc) is 2.48. The van der Waals surface area contributed by atoms with E-state index in [0.29, 0.717) is 0 Å². The van der Waals surface area contributed by atoms with E-state index < -0.39 is 16.7 Å². The van der Waals surface area contributed by atoms with Gasteiger partial charge in [0.15, 0.2) is 5.11 Å². The van der Waals surface area contributed by atoms with Crippen molar-refractivity contribution in [2.45, 2.75) is 0 Å². The minimum absolute atomic E-state index is 0.0240. The second kappa shape index (κ2) is 6.67. The van der Waals surface area contributed by atoms with E-state index >= 15 is 0 Å². The van der Waals surface area contributed by atoms with Crippen molar-refractivity contribution in [3.05, 3.63) is 57.1 Å². The molecule has 1 fully saturated rings. The summed E-state index contributed by atoms with van der Waals surface area (Å²) in [6.45, 7) is 3.60. The summed E-state index contributed by atoms with van der Waals surface area (Å²) in [4.78, 5) is 36.0. The van der Waals surface area contributed by atoms with Crippen molar-refractivity contribution in [1.82, 2.24) is 10.2 Å². The lowest BCUT2D eigenvalue weighted by molar-refractivity contribution is -0.385. The Morgan fingerprint density at radius 2 is 2.13 bits per heavy atom. The van der Waals surface area contributed by atoms with E-state index in [0.717, 1.165) is 11.0 Å². The number of hydrogen-bond donors (Lipinski definition) is 1. The SMILES string of the molecule is C=CCN1C(=O)/C(=C/c2c(Cl)cccc2[N+](=O)[O-])C(=O)NC1=S. The predicted octanol–water partition coefficient (Wildman–Crippen LogP) is 2.06. The monoisotopic (exact) mass is 351 g/mol. The van der Waals surface area contributed by atoms with Gasteiger partial charge in [-0.25, -0.2) is 0 Å².